The Kier molecular flexibility index (Phi) is 7.23. The Morgan fingerprint density at radius 1 is 1.14 bits per heavy atom. The largest absolute Gasteiger partial charge is 0.332 e. The molecule has 1 aliphatic heterocycles. The van der Waals surface area contributed by atoms with Gasteiger partial charge in [-0.2, -0.15) is 15.0 Å². The third-order valence-corrected chi connectivity index (χ3v) is 7.21. The van der Waals surface area contributed by atoms with E-state index in [4.69, 9.17) is 28.9 Å². The highest BCUT2D eigenvalue weighted by Gasteiger charge is 2.51. The Bertz CT molecular complexity index is 664. The minimum absolute atomic E-state index is 0.00859. The van der Waals surface area contributed by atoms with Gasteiger partial charge in [-0.05, 0) is 89.0 Å². The van der Waals surface area contributed by atoms with Crippen molar-refractivity contribution in [2.24, 2.45) is 11.7 Å². The van der Waals surface area contributed by atoms with Crippen molar-refractivity contribution in [1.82, 2.24) is 20.3 Å². The summed E-state index contributed by atoms with van der Waals surface area (Å²) >= 11 is 12.3. The number of halogens is 2. The van der Waals surface area contributed by atoms with E-state index in [1.165, 1.54) is 0 Å². The second kappa shape index (κ2) is 8.58. The van der Waals surface area contributed by atoms with Crippen LogP contribution >= 0.6 is 23.2 Å². The highest BCUT2D eigenvalue weighted by atomic mass is 35.5. The fourth-order valence-corrected chi connectivity index (χ4v) is 5.00. The molecule has 2 heterocycles. The average molecular weight is 431 g/mol. The lowest BCUT2D eigenvalue weighted by Crippen LogP contribution is -2.70. The van der Waals surface area contributed by atoms with Crippen LogP contribution in [0.15, 0.2) is 0 Å². The lowest BCUT2D eigenvalue weighted by Gasteiger charge is -2.58. The van der Waals surface area contributed by atoms with Crippen molar-refractivity contribution in [1.29, 1.82) is 0 Å². The summed E-state index contributed by atoms with van der Waals surface area (Å²) in [6.45, 7) is 16.4. The quantitative estimate of drug-likeness (QED) is 0.664. The van der Waals surface area contributed by atoms with Gasteiger partial charge in [-0.1, -0.05) is 20.8 Å². The predicted molar refractivity (Wildman–Crippen MR) is 118 cm³/mol. The van der Waals surface area contributed by atoms with E-state index < -0.39 is 0 Å². The Morgan fingerprint density at radius 3 is 2.18 bits per heavy atom. The van der Waals surface area contributed by atoms with Crippen LogP contribution in [0.2, 0.25) is 10.6 Å². The molecular formula is C20H36Cl2N6. The first-order chi connectivity index (χ1) is 12.9. The summed E-state index contributed by atoms with van der Waals surface area (Å²) in [6.07, 6.45) is 3.84. The topological polar surface area (TPSA) is 80.0 Å². The molecule has 0 bridgehead atoms. The van der Waals surface area contributed by atoms with E-state index in [9.17, 15) is 0 Å². The molecule has 1 aromatic heterocycles. The summed E-state index contributed by atoms with van der Waals surface area (Å²) in [4.78, 5) is 15.2. The molecule has 2 rings (SSSR count). The first kappa shape index (κ1) is 23.6. The van der Waals surface area contributed by atoms with Gasteiger partial charge >= 0.3 is 0 Å². The van der Waals surface area contributed by atoms with Gasteiger partial charge in [-0.25, -0.2) is 0 Å². The van der Waals surface area contributed by atoms with E-state index in [2.05, 4.69) is 73.6 Å². The molecule has 8 heteroatoms. The van der Waals surface area contributed by atoms with Gasteiger partial charge < -0.3 is 16.0 Å². The van der Waals surface area contributed by atoms with Crippen molar-refractivity contribution < 1.29 is 0 Å². The molecule has 1 aromatic rings. The van der Waals surface area contributed by atoms with Crippen LogP contribution in [0.5, 0.6) is 0 Å². The summed E-state index contributed by atoms with van der Waals surface area (Å²) in [5, 5.41) is 4.17. The van der Waals surface area contributed by atoms with Crippen LogP contribution in [0.25, 0.3) is 0 Å². The number of hydrogen-bond acceptors (Lipinski definition) is 6. The average Bonchev–Trinajstić information content (AvgIpc) is 2.58. The number of nitrogens with one attached hydrogen (secondary N) is 1. The number of piperidine rings is 1. The number of anilines is 1. The highest BCUT2D eigenvalue weighted by molar-refractivity contribution is 6.31. The van der Waals surface area contributed by atoms with E-state index in [0.29, 0.717) is 18.4 Å². The molecule has 0 aromatic carbocycles. The zero-order valence-electron chi connectivity index (χ0n) is 18.3. The van der Waals surface area contributed by atoms with E-state index in [1.54, 1.807) is 0 Å². The van der Waals surface area contributed by atoms with Crippen LogP contribution in [-0.4, -0.2) is 44.2 Å². The second-order valence-electron chi connectivity index (χ2n) is 9.26. The van der Waals surface area contributed by atoms with Gasteiger partial charge in [0, 0.05) is 22.7 Å². The van der Waals surface area contributed by atoms with Crippen molar-refractivity contribution in [3.8, 4) is 0 Å². The maximum atomic E-state index is 6.15. The lowest BCUT2D eigenvalue weighted by molar-refractivity contribution is 0.0609. The Hall–Kier alpha value is -0.690. The zero-order chi connectivity index (χ0) is 21.3. The molecular weight excluding hydrogens is 395 g/mol. The Balaban J connectivity index is 2.63. The second-order valence-corrected chi connectivity index (χ2v) is 9.94. The molecule has 1 aliphatic rings. The molecule has 4 atom stereocenters. The van der Waals surface area contributed by atoms with E-state index >= 15 is 0 Å². The molecule has 0 aliphatic carbocycles. The summed E-state index contributed by atoms with van der Waals surface area (Å²) in [7, 11) is 0. The standard InChI is InChI=1S/C20H36Cl2N6/c1-8-19(6)12-14(13(3)20(7,9-2)27-19)28(18(4,5)10-11-23)17-25-15(21)24-16(22)26-17/h13-14,27H,8-12,23H2,1-7H3. The fourth-order valence-electron chi connectivity index (χ4n) is 4.64. The third kappa shape index (κ3) is 4.72. The Labute approximate surface area is 180 Å². The number of hydrogen-bond donors (Lipinski definition) is 2. The van der Waals surface area contributed by atoms with Crippen LogP contribution in [0.3, 0.4) is 0 Å². The third-order valence-electron chi connectivity index (χ3n) is 6.87. The molecule has 160 valence electrons. The maximum absolute atomic E-state index is 6.15. The summed E-state index contributed by atoms with van der Waals surface area (Å²) in [6, 6.07) is 0.201. The van der Waals surface area contributed by atoms with Crippen LogP contribution in [-0.2, 0) is 0 Å². The summed E-state index contributed by atoms with van der Waals surface area (Å²) < 4.78 is 0. The van der Waals surface area contributed by atoms with Crippen LogP contribution in [0.4, 0.5) is 5.95 Å². The molecule has 0 spiro atoms. The van der Waals surface area contributed by atoms with Gasteiger partial charge in [-0.3, -0.25) is 0 Å². The molecule has 1 fully saturated rings. The van der Waals surface area contributed by atoms with Gasteiger partial charge in [-0.15, -0.1) is 0 Å². The normalized spacial score (nSPS) is 31.1. The molecule has 28 heavy (non-hydrogen) atoms. The van der Waals surface area contributed by atoms with Crippen molar-refractivity contribution in [3.05, 3.63) is 10.6 Å². The first-order valence-corrected chi connectivity index (χ1v) is 11.0. The van der Waals surface area contributed by atoms with Crippen molar-refractivity contribution in [2.45, 2.75) is 96.8 Å². The smallest absolute Gasteiger partial charge is 0.231 e. The number of nitrogens with two attached hydrogens (primary N) is 1. The Morgan fingerprint density at radius 2 is 1.71 bits per heavy atom. The number of aromatic nitrogens is 3. The molecule has 0 saturated carbocycles. The highest BCUT2D eigenvalue weighted by Crippen LogP contribution is 2.43. The minimum Gasteiger partial charge on any atom is -0.332 e. The van der Waals surface area contributed by atoms with Gasteiger partial charge in [0.15, 0.2) is 0 Å². The number of nitrogens with zero attached hydrogens (tertiary/aromatic N) is 4. The first-order valence-electron chi connectivity index (χ1n) is 10.3. The van der Waals surface area contributed by atoms with Gasteiger partial charge in [0.05, 0.1) is 0 Å². The molecule has 6 nitrogen and oxygen atoms in total. The molecule has 0 amide bonds. The van der Waals surface area contributed by atoms with Crippen LogP contribution < -0.4 is 16.0 Å². The van der Waals surface area contributed by atoms with E-state index in [-0.39, 0.29) is 33.2 Å². The molecule has 0 radical (unpaired) electrons. The molecule has 1 saturated heterocycles. The SMILES string of the molecule is CCC1(C)CC(N(c2nc(Cl)nc(Cl)n2)C(C)(C)CCN)C(C)C(C)(CC)N1. The molecule has 3 N–H and O–H groups in total. The fraction of sp³-hybridized carbons (Fsp3) is 0.850. The minimum atomic E-state index is -0.262. The van der Waals surface area contributed by atoms with Crippen molar-refractivity contribution in [2.75, 3.05) is 11.4 Å². The monoisotopic (exact) mass is 430 g/mol. The van der Waals surface area contributed by atoms with Crippen molar-refractivity contribution in [3.63, 3.8) is 0 Å². The predicted octanol–water partition coefficient (Wildman–Crippen LogP) is 4.45. The van der Waals surface area contributed by atoms with Gasteiger partial charge in [0.25, 0.3) is 0 Å². The van der Waals surface area contributed by atoms with Gasteiger partial charge in [0.2, 0.25) is 16.5 Å². The van der Waals surface area contributed by atoms with Crippen LogP contribution in [0, 0.1) is 5.92 Å². The summed E-state index contributed by atoms with van der Waals surface area (Å²) in [5.41, 5.74) is 5.71. The van der Waals surface area contributed by atoms with Gasteiger partial charge in [0.1, 0.15) is 0 Å². The van der Waals surface area contributed by atoms with Crippen LogP contribution in [0.1, 0.15) is 74.1 Å². The lowest BCUT2D eigenvalue weighted by atomic mass is 9.67. The molecule has 4 unspecified atom stereocenters. The van der Waals surface area contributed by atoms with E-state index in [0.717, 1.165) is 25.7 Å². The van der Waals surface area contributed by atoms with Crippen molar-refractivity contribution >= 4 is 29.2 Å². The van der Waals surface area contributed by atoms with E-state index in [1.807, 2.05) is 0 Å². The summed E-state index contributed by atoms with van der Waals surface area (Å²) in [5.74, 6) is 0.877. The maximum Gasteiger partial charge on any atom is 0.231 e. The zero-order valence-corrected chi connectivity index (χ0v) is 19.8. The number of rotatable bonds is 7.